The lowest BCUT2D eigenvalue weighted by Gasteiger charge is -2.09. The molecule has 0 radical (unpaired) electrons. The third-order valence-electron chi connectivity index (χ3n) is 3.61. The zero-order valence-corrected chi connectivity index (χ0v) is 11.3. The molecule has 0 aliphatic heterocycles. The lowest BCUT2D eigenvalue weighted by molar-refractivity contribution is -0.122. The molecule has 0 unspecified atom stereocenters. The van der Waals surface area contributed by atoms with E-state index in [-0.39, 0.29) is 5.92 Å². The molecule has 1 heterocycles. The normalized spacial score (nSPS) is 16.6. The molecule has 0 spiro atoms. The number of Topliss-reactive ketones (excluding diaryl/α,β-unsaturated/α-hetero) is 1. The summed E-state index contributed by atoms with van der Waals surface area (Å²) in [5.41, 5.74) is 1.71. The zero-order valence-electron chi connectivity index (χ0n) is 10.5. The SMILES string of the molecule is CCn1nc(C)c(Cl)c1CC(=O)C1CCCC1. The topological polar surface area (TPSA) is 34.9 Å². The maximum absolute atomic E-state index is 12.1. The second kappa shape index (κ2) is 5.21. The van der Waals surface area contributed by atoms with Gasteiger partial charge in [-0.1, -0.05) is 24.4 Å². The quantitative estimate of drug-likeness (QED) is 0.827. The van der Waals surface area contributed by atoms with Crippen LogP contribution in [0.3, 0.4) is 0 Å². The molecule has 1 fully saturated rings. The fourth-order valence-corrected chi connectivity index (χ4v) is 2.80. The summed E-state index contributed by atoms with van der Waals surface area (Å²) in [6, 6.07) is 0. The predicted octanol–water partition coefficient (Wildman–Crippen LogP) is 3.17. The van der Waals surface area contributed by atoms with E-state index in [0.717, 1.165) is 30.8 Å². The lowest BCUT2D eigenvalue weighted by atomic mass is 9.99. The molecule has 0 amide bonds. The molecule has 1 aliphatic rings. The van der Waals surface area contributed by atoms with Gasteiger partial charge in [-0.2, -0.15) is 5.10 Å². The van der Waals surface area contributed by atoms with Crippen molar-refractivity contribution in [3.63, 3.8) is 0 Å². The number of carbonyl (C=O) groups excluding carboxylic acids is 1. The van der Waals surface area contributed by atoms with Crippen LogP contribution in [0.1, 0.15) is 44.0 Å². The monoisotopic (exact) mass is 254 g/mol. The van der Waals surface area contributed by atoms with E-state index in [2.05, 4.69) is 5.10 Å². The van der Waals surface area contributed by atoms with Crippen LogP contribution in [0.4, 0.5) is 0 Å². The van der Waals surface area contributed by atoms with Gasteiger partial charge in [0.15, 0.2) is 0 Å². The highest BCUT2D eigenvalue weighted by molar-refractivity contribution is 6.32. The van der Waals surface area contributed by atoms with E-state index in [9.17, 15) is 4.79 Å². The van der Waals surface area contributed by atoms with E-state index in [1.807, 2.05) is 18.5 Å². The van der Waals surface area contributed by atoms with Gasteiger partial charge in [0.2, 0.25) is 0 Å². The van der Waals surface area contributed by atoms with Crippen LogP contribution in [0.2, 0.25) is 5.02 Å². The molecule has 17 heavy (non-hydrogen) atoms. The van der Waals surface area contributed by atoms with Crippen LogP contribution in [-0.2, 0) is 17.8 Å². The van der Waals surface area contributed by atoms with Gasteiger partial charge in [0.1, 0.15) is 5.78 Å². The van der Waals surface area contributed by atoms with Gasteiger partial charge >= 0.3 is 0 Å². The van der Waals surface area contributed by atoms with Crippen molar-refractivity contribution in [1.82, 2.24) is 9.78 Å². The van der Waals surface area contributed by atoms with E-state index in [1.165, 1.54) is 12.8 Å². The minimum atomic E-state index is 0.256. The summed E-state index contributed by atoms with van der Waals surface area (Å²) in [5.74, 6) is 0.588. The van der Waals surface area contributed by atoms with Gasteiger partial charge in [-0.15, -0.1) is 0 Å². The highest BCUT2D eigenvalue weighted by Gasteiger charge is 2.25. The Morgan fingerprint density at radius 2 is 2.12 bits per heavy atom. The molecule has 1 aromatic rings. The molecule has 0 atom stereocenters. The van der Waals surface area contributed by atoms with Crippen LogP contribution in [0.25, 0.3) is 0 Å². The van der Waals surface area contributed by atoms with Crippen LogP contribution in [-0.4, -0.2) is 15.6 Å². The highest BCUT2D eigenvalue weighted by Crippen LogP contribution is 2.28. The molecule has 2 rings (SSSR count). The lowest BCUT2D eigenvalue weighted by Crippen LogP contribution is -2.16. The predicted molar refractivity (Wildman–Crippen MR) is 68.3 cm³/mol. The molecule has 1 aliphatic carbocycles. The van der Waals surface area contributed by atoms with Gasteiger partial charge in [0.05, 0.1) is 22.8 Å². The zero-order chi connectivity index (χ0) is 12.4. The number of nitrogens with zero attached hydrogens (tertiary/aromatic N) is 2. The number of aryl methyl sites for hydroxylation is 2. The Morgan fingerprint density at radius 1 is 1.47 bits per heavy atom. The van der Waals surface area contributed by atoms with Crippen molar-refractivity contribution >= 4 is 17.4 Å². The molecule has 1 saturated carbocycles. The Morgan fingerprint density at radius 3 is 2.71 bits per heavy atom. The minimum Gasteiger partial charge on any atom is -0.299 e. The number of ketones is 1. The maximum atomic E-state index is 12.1. The number of rotatable bonds is 4. The Bertz CT molecular complexity index is 419. The van der Waals surface area contributed by atoms with Gasteiger partial charge in [-0.3, -0.25) is 9.48 Å². The molecular weight excluding hydrogens is 236 g/mol. The summed E-state index contributed by atoms with van der Waals surface area (Å²) in [4.78, 5) is 12.1. The van der Waals surface area contributed by atoms with E-state index in [1.54, 1.807) is 0 Å². The molecule has 94 valence electrons. The highest BCUT2D eigenvalue weighted by atomic mass is 35.5. The van der Waals surface area contributed by atoms with Crippen LogP contribution in [0.5, 0.6) is 0 Å². The average Bonchev–Trinajstić information content (AvgIpc) is 2.92. The summed E-state index contributed by atoms with van der Waals surface area (Å²) < 4.78 is 1.85. The van der Waals surface area contributed by atoms with Crippen LogP contribution < -0.4 is 0 Å². The number of aromatic nitrogens is 2. The summed E-state index contributed by atoms with van der Waals surface area (Å²) in [6.07, 6.45) is 4.93. The summed E-state index contributed by atoms with van der Waals surface area (Å²) in [5, 5.41) is 5.01. The number of halogens is 1. The Kier molecular flexibility index (Phi) is 3.87. The van der Waals surface area contributed by atoms with Gasteiger partial charge in [-0.25, -0.2) is 0 Å². The van der Waals surface area contributed by atoms with Crippen molar-refractivity contribution in [2.24, 2.45) is 5.92 Å². The van der Waals surface area contributed by atoms with Gasteiger partial charge in [0, 0.05) is 12.5 Å². The van der Waals surface area contributed by atoms with Crippen LogP contribution in [0, 0.1) is 12.8 Å². The third kappa shape index (κ3) is 2.54. The average molecular weight is 255 g/mol. The van der Waals surface area contributed by atoms with E-state index < -0.39 is 0 Å². The third-order valence-corrected chi connectivity index (χ3v) is 4.10. The smallest absolute Gasteiger partial charge is 0.141 e. The van der Waals surface area contributed by atoms with Crippen molar-refractivity contribution < 1.29 is 4.79 Å². The van der Waals surface area contributed by atoms with Crippen molar-refractivity contribution in [3.8, 4) is 0 Å². The van der Waals surface area contributed by atoms with Crippen molar-refractivity contribution in [2.45, 2.75) is 52.5 Å². The minimum absolute atomic E-state index is 0.256. The molecule has 0 bridgehead atoms. The number of carbonyl (C=O) groups is 1. The van der Waals surface area contributed by atoms with Crippen molar-refractivity contribution in [3.05, 3.63) is 16.4 Å². The van der Waals surface area contributed by atoms with Crippen molar-refractivity contribution in [2.75, 3.05) is 0 Å². The first kappa shape index (κ1) is 12.6. The number of hydrogen-bond acceptors (Lipinski definition) is 2. The Hall–Kier alpha value is -0.830. The van der Waals surface area contributed by atoms with Crippen LogP contribution >= 0.6 is 11.6 Å². The number of hydrogen-bond donors (Lipinski definition) is 0. The second-order valence-corrected chi connectivity index (χ2v) is 5.16. The standard InChI is InChI=1S/C13H19ClN2O/c1-3-16-11(13(14)9(2)15-16)8-12(17)10-6-4-5-7-10/h10H,3-8H2,1-2H3. The molecule has 3 nitrogen and oxygen atoms in total. The summed E-state index contributed by atoms with van der Waals surface area (Å²) in [6.45, 7) is 4.67. The van der Waals surface area contributed by atoms with Crippen LogP contribution in [0.15, 0.2) is 0 Å². The fraction of sp³-hybridized carbons (Fsp3) is 0.692. The molecule has 1 aromatic heterocycles. The first-order valence-corrected chi connectivity index (χ1v) is 6.75. The fourth-order valence-electron chi connectivity index (χ4n) is 2.60. The molecule has 4 heteroatoms. The summed E-state index contributed by atoms with van der Waals surface area (Å²) in [7, 11) is 0. The van der Waals surface area contributed by atoms with Gasteiger partial charge < -0.3 is 0 Å². The molecule has 0 N–H and O–H groups in total. The summed E-state index contributed by atoms with van der Waals surface area (Å²) >= 11 is 6.21. The molecule has 0 aromatic carbocycles. The van der Waals surface area contributed by atoms with E-state index in [4.69, 9.17) is 11.6 Å². The second-order valence-electron chi connectivity index (χ2n) is 4.79. The van der Waals surface area contributed by atoms with Gasteiger partial charge in [0.25, 0.3) is 0 Å². The van der Waals surface area contributed by atoms with Crippen molar-refractivity contribution in [1.29, 1.82) is 0 Å². The van der Waals surface area contributed by atoms with E-state index >= 15 is 0 Å². The Labute approximate surface area is 107 Å². The first-order valence-electron chi connectivity index (χ1n) is 6.38. The van der Waals surface area contributed by atoms with E-state index in [0.29, 0.717) is 17.2 Å². The first-order chi connectivity index (χ1) is 8.13. The van der Waals surface area contributed by atoms with Gasteiger partial charge in [-0.05, 0) is 26.7 Å². The largest absolute Gasteiger partial charge is 0.299 e. The Balaban J connectivity index is 2.14. The molecular formula is C13H19ClN2O. The maximum Gasteiger partial charge on any atom is 0.141 e. The molecule has 0 saturated heterocycles.